The summed E-state index contributed by atoms with van der Waals surface area (Å²) >= 11 is 0. The molecule has 8 nitrogen and oxygen atoms in total. The number of aryl methyl sites for hydroxylation is 2. The van der Waals surface area contributed by atoms with E-state index in [0.29, 0.717) is 51.9 Å². The Kier molecular flexibility index (Phi) is 12.9. The van der Waals surface area contributed by atoms with E-state index < -0.39 is 0 Å². The molecule has 8 heteroatoms. The maximum atomic E-state index is 12.9. The van der Waals surface area contributed by atoms with Crippen molar-refractivity contribution in [1.82, 2.24) is 15.5 Å². The van der Waals surface area contributed by atoms with Crippen LogP contribution in [0.3, 0.4) is 0 Å². The third-order valence-corrected chi connectivity index (χ3v) is 5.90. The molecule has 2 rings (SSSR count). The van der Waals surface area contributed by atoms with Crippen molar-refractivity contribution in [2.75, 3.05) is 26.2 Å². The predicted octanol–water partition coefficient (Wildman–Crippen LogP) is 3.30. The first-order chi connectivity index (χ1) is 17.3. The van der Waals surface area contributed by atoms with E-state index in [4.69, 9.17) is 0 Å². The molecule has 4 N–H and O–H groups in total. The van der Waals surface area contributed by atoms with Crippen LogP contribution in [-0.4, -0.2) is 59.0 Å². The first-order valence-electron chi connectivity index (χ1n) is 12.7. The molecule has 36 heavy (non-hydrogen) atoms. The fourth-order valence-electron chi connectivity index (χ4n) is 3.79. The van der Waals surface area contributed by atoms with Crippen LogP contribution in [0.15, 0.2) is 48.5 Å². The number of carbonyl (C=O) groups excluding carboxylic acids is 3. The molecular weight excluding hydrogens is 458 g/mol. The Hall–Kier alpha value is -3.55. The van der Waals surface area contributed by atoms with Crippen LogP contribution in [0.2, 0.25) is 0 Å². The fraction of sp³-hybridized carbons (Fsp3) is 0.464. The van der Waals surface area contributed by atoms with Gasteiger partial charge in [0.1, 0.15) is 11.5 Å². The van der Waals surface area contributed by atoms with Gasteiger partial charge < -0.3 is 25.7 Å². The number of nitrogens with zero attached hydrogens (tertiary/aromatic N) is 1. The van der Waals surface area contributed by atoms with E-state index in [1.54, 1.807) is 24.3 Å². The van der Waals surface area contributed by atoms with E-state index in [-0.39, 0.29) is 29.2 Å². The Morgan fingerprint density at radius 3 is 1.67 bits per heavy atom. The van der Waals surface area contributed by atoms with E-state index in [9.17, 15) is 24.6 Å². The third-order valence-electron chi connectivity index (χ3n) is 5.90. The Balaban J connectivity index is 1.71. The smallest absolute Gasteiger partial charge is 0.222 e. The summed E-state index contributed by atoms with van der Waals surface area (Å²) in [5, 5.41) is 24.5. The van der Waals surface area contributed by atoms with Gasteiger partial charge in [-0.15, -0.1) is 0 Å². The van der Waals surface area contributed by atoms with E-state index in [2.05, 4.69) is 10.6 Å². The quantitative estimate of drug-likeness (QED) is 0.265. The van der Waals surface area contributed by atoms with Crippen LogP contribution in [0.25, 0.3) is 0 Å². The number of amides is 3. The maximum Gasteiger partial charge on any atom is 0.222 e. The van der Waals surface area contributed by atoms with Crippen molar-refractivity contribution in [3.63, 3.8) is 0 Å². The molecule has 196 valence electrons. The lowest BCUT2D eigenvalue weighted by molar-refractivity contribution is -0.131. The van der Waals surface area contributed by atoms with Gasteiger partial charge in [0.25, 0.3) is 0 Å². The van der Waals surface area contributed by atoms with Gasteiger partial charge in [-0.05, 0) is 73.9 Å². The first-order valence-corrected chi connectivity index (χ1v) is 12.7. The number of hydrogen-bond donors (Lipinski definition) is 4. The van der Waals surface area contributed by atoms with E-state index >= 15 is 0 Å². The molecule has 0 saturated carbocycles. The number of phenols is 2. The summed E-state index contributed by atoms with van der Waals surface area (Å²) in [6.07, 6.45) is 5.18. The van der Waals surface area contributed by atoms with Gasteiger partial charge in [0.15, 0.2) is 0 Å². The molecule has 0 aliphatic rings. The molecule has 2 aromatic carbocycles. The van der Waals surface area contributed by atoms with Crippen molar-refractivity contribution in [2.45, 2.75) is 58.3 Å². The monoisotopic (exact) mass is 497 g/mol. The summed E-state index contributed by atoms with van der Waals surface area (Å²) in [7, 11) is 0. The predicted molar refractivity (Wildman–Crippen MR) is 140 cm³/mol. The van der Waals surface area contributed by atoms with E-state index in [1.807, 2.05) is 29.2 Å². The van der Waals surface area contributed by atoms with Crippen molar-refractivity contribution in [2.24, 2.45) is 0 Å². The van der Waals surface area contributed by atoms with Crippen molar-refractivity contribution in [3.8, 4) is 11.5 Å². The summed E-state index contributed by atoms with van der Waals surface area (Å²) in [5.74, 6) is 0.437. The molecule has 2 aromatic rings. The van der Waals surface area contributed by atoms with Gasteiger partial charge in [0.2, 0.25) is 17.7 Å². The zero-order chi connectivity index (χ0) is 26.2. The van der Waals surface area contributed by atoms with Crippen molar-refractivity contribution < 1.29 is 24.6 Å². The second kappa shape index (κ2) is 16.2. The maximum absolute atomic E-state index is 12.9. The zero-order valence-electron chi connectivity index (χ0n) is 21.2. The number of hydrogen-bond acceptors (Lipinski definition) is 5. The number of benzene rings is 2. The van der Waals surface area contributed by atoms with Crippen LogP contribution >= 0.6 is 0 Å². The molecule has 0 heterocycles. The fourth-order valence-corrected chi connectivity index (χ4v) is 3.79. The van der Waals surface area contributed by atoms with Gasteiger partial charge in [0, 0.05) is 45.9 Å². The molecule has 0 saturated heterocycles. The zero-order valence-corrected chi connectivity index (χ0v) is 21.2. The third kappa shape index (κ3) is 12.2. The molecular formula is C28H39N3O5. The van der Waals surface area contributed by atoms with Crippen molar-refractivity contribution >= 4 is 17.7 Å². The number of aromatic hydroxyl groups is 2. The van der Waals surface area contributed by atoms with Crippen LogP contribution in [0, 0.1) is 0 Å². The summed E-state index contributed by atoms with van der Waals surface area (Å²) in [6, 6.07) is 13.8. The Morgan fingerprint density at radius 2 is 1.17 bits per heavy atom. The Morgan fingerprint density at radius 1 is 0.694 bits per heavy atom. The average molecular weight is 498 g/mol. The van der Waals surface area contributed by atoms with Crippen LogP contribution < -0.4 is 10.6 Å². The molecule has 0 spiro atoms. The number of unbranched alkanes of at least 4 members (excludes halogenated alkanes) is 2. The molecule has 0 unspecified atom stereocenters. The van der Waals surface area contributed by atoms with Crippen LogP contribution in [0.4, 0.5) is 0 Å². The molecule has 0 bridgehead atoms. The molecule has 0 aliphatic carbocycles. The van der Waals surface area contributed by atoms with Crippen molar-refractivity contribution in [1.29, 1.82) is 0 Å². The van der Waals surface area contributed by atoms with Gasteiger partial charge in [0.05, 0.1) is 0 Å². The van der Waals surface area contributed by atoms with Gasteiger partial charge in [-0.2, -0.15) is 0 Å². The van der Waals surface area contributed by atoms with E-state index in [0.717, 1.165) is 36.8 Å². The SMILES string of the molecule is CC(=O)NCCCCN(CCCCNC(=O)CCc1ccc(O)cc1)C(=O)CCc1ccc(O)cc1. The second-order valence-electron chi connectivity index (χ2n) is 8.96. The van der Waals surface area contributed by atoms with Crippen LogP contribution in [0.1, 0.15) is 56.6 Å². The normalized spacial score (nSPS) is 10.6. The standard InChI is InChI=1S/C28H39N3O5/c1-22(32)29-18-2-4-20-31(28(36)17-11-24-8-14-26(34)15-9-24)21-5-3-19-30-27(35)16-10-23-6-12-25(33)13-7-23/h6-9,12-15,33-34H,2-5,10-11,16-21H2,1H3,(H,29,32)(H,30,35). The van der Waals surface area contributed by atoms with Crippen LogP contribution in [0.5, 0.6) is 11.5 Å². The highest BCUT2D eigenvalue weighted by atomic mass is 16.3. The molecule has 0 radical (unpaired) electrons. The number of nitrogens with one attached hydrogen (secondary N) is 2. The van der Waals surface area contributed by atoms with Crippen molar-refractivity contribution in [3.05, 3.63) is 59.7 Å². The number of phenolic OH excluding ortho intramolecular Hbond substituents is 2. The van der Waals surface area contributed by atoms with Gasteiger partial charge in [-0.1, -0.05) is 24.3 Å². The lowest BCUT2D eigenvalue weighted by Crippen LogP contribution is -2.34. The second-order valence-corrected chi connectivity index (χ2v) is 8.96. The molecule has 0 fully saturated rings. The van der Waals surface area contributed by atoms with Gasteiger partial charge in [-0.3, -0.25) is 14.4 Å². The highest BCUT2D eigenvalue weighted by Crippen LogP contribution is 2.13. The molecule has 0 atom stereocenters. The number of rotatable bonds is 16. The summed E-state index contributed by atoms with van der Waals surface area (Å²) in [4.78, 5) is 37.9. The lowest BCUT2D eigenvalue weighted by atomic mass is 10.1. The minimum absolute atomic E-state index is 0.0112. The highest BCUT2D eigenvalue weighted by molar-refractivity contribution is 5.76. The molecule has 0 aromatic heterocycles. The number of carbonyl (C=O) groups is 3. The van der Waals surface area contributed by atoms with Gasteiger partial charge >= 0.3 is 0 Å². The summed E-state index contributed by atoms with van der Waals surface area (Å²) in [5.41, 5.74) is 2.00. The van der Waals surface area contributed by atoms with Gasteiger partial charge in [-0.25, -0.2) is 0 Å². The lowest BCUT2D eigenvalue weighted by Gasteiger charge is -2.23. The molecule has 3 amide bonds. The Bertz CT molecular complexity index is 945. The topological polar surface area (TPSA) is 119 Å². The van der Waals surface area contributed by atoms with Crippen LogP contribution in [-0.2, 0) is 27.2 Å². The minimum Gasteiger partial charge on any atom is -0.508 e. The van der Waals surface area contributed by atoms with E-state index in [1.165, 1.54) is 6.92 Å². The summed E-state index contributed by atoms with van der Waals surface area (Å²) in [6.45, 7) is 3.91. The first kappa shape index (κ1) is 28.7. The highest BCUT2D eigenvalue weighted by Gasteiger charge is 2.13. The Labute approximate surface area is 213 Å². The largest absolute Gasteiger partial charge is 0.508 e. The minimum atomic E-state index is -0.0538. The molecule has 0 aliphatic heterocycles. The average Bonchev–Trinajstić information content (AvgIpc) is 2.86. The summed E-state index contributed by atoms with van der Waals surface area (Å²) < 4.78 is 0.